The molecule has 0 unspecified atom stereocenters. The highest BCUT2D eigenvalue weighted by Gasteiger charge is 2.06. The van der Waals surface area contributed by atoms with Gasteiger partial charge in [-0.25, -0.2) is 14.4 Å². The molecule has 0 radical (unpaired) electrons. The van der Waals surface area contributed by atoms with Crippen LogP contribution in [0.25, 0.3) is 0 Å². The largest absolute Gasteiger partial charge is 0.396 e. The average Bonchev–Trinajstić information content (AvgIpc) is 2.45. The third-order valence-electron chi connectivity index (χ3n) is 2.60. The van der Waals surface area contributed by atoms with Crippen molar-refractivity contribution in [2.24, 2.45) is 0 Å². The van der Waals surface area contributed by atoms with E-state index in [0.717, 1.165) is 5.56 Å². The van der Waals surface area contributed by atoms with Gasteiger partial charge in [-0.15, -0.1) is 0 Å². The number of thioether (sulfide) groups is 1. The van der Waals surface area contributed by atoms with Crippen LogP contribution in [-0.2, 0) is 4.79 Å². The molecule has 3 N–H and O–H groups in total. The number of rotatable bonds is 5. The molecule has 21 heavy (non-hydrogen) atoms. The second-order valence-corrected chi connectivity index (χ2v) is 5.49. The molecule has 1 amide bonds. The van der Waals surface area contributed by atoms with Gasteiger partial charge >= 0.3 is 0 Å². The maximum Gasteiger partial charge on any atom is 0.225 e. The molecule has 7 heteroatoms. The van der Waals surface area contributed by atoms with Gasteiger partial charge in [0.15, 0.2) is 5.16 Å². The molecule has 2 aromatic rings. The SMILES string of the molecule is Cc1cnc(SCCC(=O)Nc2ccc(F)c(N)c2)nc1. The first kappa shape index (κ1) is 15.2. The first-order chi connectivity index (χ1) is 10.0. The van der Waals surface area contributed by atoms with Gasteiger partial charge in [0.05, 0.1) is 5.69 Å². The molecular formula is C14H15FN4OS. The summed E-state index contributed by atoms with van der Waals surface area (Å²) in [5, 5.41) is 3.30. The summed E-state index contributed by atoms with van der Waals surface area (Å²) < 4.78 is 13.0. The van der Waals surface area contributed by atoms with E-state index in [1.807, 2.05) is 6.92 Å². The van der Waals surface area contributed by atoms with Gasteiger partial charge in [-0.2, -0.15) is 0 Å². The van der Waals surface area contributed by atoms with Crippen LogP contribution in [0.2, 0.25) is 0 Å². The summed E-state index contributed by atoms with van der Waals surface area (Å²) in [5.41, 5.74) is 6.92. The van der Waals surface area contributed by atoms with Gasteiger partial charge in [0.2, 0.25) is 5.91 Å². The fraction of sp³-hybridized carbons (Fsp3) is 0.214. The summed E-state index contributed by atoms with van der Waals surface area (Å²) in [5.74, 6) is -0.105. The molecule has 1 aromatic carbocycles. The van der Waals surface area contributed by atoms with Gasteiger partial charge in [0, 0.05) is 30.3 Å². The number of hydrogen-bond donors (Lipinski definition) is 2. The monoisotopic (exact) mass is 306 g/mol. The summed E-state index contributed by atoms with van der Waals surface area (Å²) in [6.07, 6.45) is 3.77. The number of anilines is 2. The van der Waals surface area contributed by atoms with Crippen LogP contribution < -0.4 is 11.1 Å². The molecule has 0 saturated carbocycles. The molecule has 5 nitrogen and oxygen atoms in total. The van der Waals surface area contributed by atoms with Gasteiger partial charge in [-0.1, -0.05) is 11.8 Å². The van der Waals surface area contributed by atoms with Crippen LogP contribution in [0.4, 0.5) is 15.8 Å². The lowest BCUT2D eigenvalue weighted by atomic mass is 10.2. The van der Waals surface area contributed by atoms with E-state index in [-0.39, 0.29) is 11.6 Å². The molecule has 0 saturated heterocycles. The molecule has 0 aliphatic heterocycles. The highest BCUT2D eigenvalue weighted by atomic mass is 32.2. The van der Waals surface area contributed by atoms with Crippen molar-refractivity contribution in [2.45, 2.75) is 18.5 Å². The average molecular weight is 306 g/mol. The molecule has 110 valence electrons. The van der Waals surface area contributed by atoms with E-state index in [0.29, 0.717) is 23.0 Å². The number of aryl methyl sites for hydroxylation is 1. The normalized spacial score (nSPS) is 10.4. The number of nitrogens with one attached hydrogen (secondary N) is 1. The molecule has 0 spiro atoms. The van der Waals surface area contributed by atoms with Crippen molar-refractivity contribution in [2.75, 3.05) is 16.8 Å². The minimum atomic E-state index is -0.500. The topological polar surface area (TPSA) is 80.9 Å². The van der Waals surface area contributed by atoms with E-state index in [2.05, 4.69) is 15.3 Å². The smallest absolute Gasteiger partial charge is 0.225 e. The number of carbonyl (C=O) groups excluding carboxylic acids is 1. The predicted molar refractivity (Wildman–Crippen MR) is 81.6 cm³/mol. The van der Waals surface area contributed by atoms with Crippen molar-refractivity contribution >= 4 is 29.0 Å². The summed E-state index contributed by atoms with van der Waals surface area (Å²) in [6.45, 7) is 1.91. The Kier molecular flexibility index (Phi) is 5.10. The second-order valence-electron chi connectivity index (χ2n) is 4.43. The van der Waals surface area contributed by atoms with Crippen molar-refractivity contribution in [3.8, 4) is 0 Å². The minimum absolute atomic E-state index is 0.00947. The number of hydrogen-bond acceptors (Lipinski definition) is 5. The lowest BCUT2D eigenvalue weighted by Crippen LogP contribution is -2.12. The molecule has 0 fully saturated rings. The van der Waals surface area contributed by atoms with Crippen LogP contribution in [0.3, 0.4) is 0 Å². The molecule has 1 heterocycles. The Hall–Kier alpha value is -2.15. The van der Waals surface area contributed by atoms with Crippen molar-refractivity contribution in [3.05, 3.63) is 42.0 Å². The quantitative estimate of drug-likeness (QED) is 0.504. The number of nitrogen functional groups attached to an aromatic ring is 1. The van der Waals surface area contributed by atoms with Gasteiger partial charge in [0.1, 0.15) is 5.82 Å². The highest BCUT2D eigenvalue weighted by molar-refractivity contribution is 7.99. The molecule has 2 rings (SSSR count). The van der Waals surface area contributed by atoms with E-state index in [1.54, 1.807) is 12.4 Å². The number of nitrogens with zero attached hydrogens (tertiary/aromatic N) is 2. The Labute approximate surface area is 126 Å². The summed E-state index contributed by atoms with van der Waals surface area (Å²) in [7, 11) is 0. The Morgan fingerprint density at radius 2 is 2.10 bits per heavy atom. The zero-order chi connectivity index (χ0) is 15.2. The fourth-order valence-corrected chi connectivity index (χ4v) is 2.26. The van der Waals surface area contributed by atoms with Crippen LogP contribution in [0, 0.1) is 12.7 Å². The van der Waals surface area contributed by atoms with Crippen LogP contribution in [0.1, 0.15) is 12.0 Å². The number of aromatic nitrogens is 2. The number of benzene rings is 1. The second kappa shape index (κ2) is 7.03. The number of nitrogens with two attached hydrogens (primary N) is 1. The Morgan fingerprint density at radius 3 is 2.76 bits per heavy atom. The highest BCUT2D eigenvalue weighted by Crippen LogP contribution is 2.17. The summed E-state index contributed by atoms with van der Waals surface area (Å²) >= 11 is 1.41. The molecule has 0 atom stereocenters. The summed E-state index contributed by atoms with van der Waals surface area (Å²) in [6, 6.07) is 4.09. The third-order valence-corrected chi connectivity index (χ3v) is 3.47. The number of halogens is 1. The zero-order valence-corrected chi connectivity index (χ0v) is 12.3. The zero-order valence-electron chi connectivity index (χ0n) is 11.5. The first-order valence-electron chi connectivity index (χ1n) is 6.31. The maximum atomic E-state index is 13.0. The Morgan fingerprint density at radius 1 is 1.38 bits per heavy atom. The van der Waals surface area contributed by atoms with E-state index < -0.39 is 5.82 Å². The van der Waals surface area contributed by atoms with Crippen molar-refractivity contribution in [1.29, 1.82) is 0 Å². The number of amides is 1. The third kappa shape index (κ3) is 4.71. The predicted octanol–water partition coefficient (Wildman–Crippen LogP) is 2.63. The Balaban J connectivity index is 1.79. The van der Waals surface area contributed by atoms with Gasteiger partial charge in [-0.3, -0.25) is 4.79 Å². The van der Waals surface area contributed by atoms with Crippen LogP contribution in [0.15, 0.2) is 35.7 Å². The minimum Gasteiger partial charge on any atom is -0.396 e. The van der Waals surface area contributed by atoms with Crippen LogP contribution in [0.5, 0.6) is 0 Å². The van der Waals surface area contributed by atoms with Crippen molar-refractivity contribution in [3.63, 3.8) is 0 Å². The lowest BCUT2D eigenvalue weighted by molar-refractivity contribution is -0.115. The Bertz CT molecular complexity index is 633. The van der Waals surface area contributed by atoms with Gasteiger partial charge in [-0.05, 0) is 30.7 Å². The number of carbonyl (C=O) groups is 1. The lowest BCUT2D eigenvalue weighted by Gasteiger charge is -2.06. The van der Waals surface area contributed by atoms with Crippen LogP contribution in [-0.4, -0.2) is 21.6 Å². The standard InChI is InChI=1S/C14H15FN4OS/c1-9-7-17-14(18-8-9)21-5-4-13(20)19-10-2-3-11(15)12(16)6-10/h2-3,6-8H,4-5,16H2,1H3,(H,19,20). The maximum absolute atomic E-state index is 13.0. The molecule has 0 bridgehead atoms. The van der Waals surface area contributed by atoms with E-state index in [1.165, 1.54) is 30.0 Å². The summed E-state index contributed by atoms with van der Waals surface area (Å²) in [4.78, 5) is 20.0. The molecule has 1 aromatic heterocycles. The van der Waals surface area contributed by atoms with E-state index >= 15 is 0 Å². The van der Waals surface area contributed by atoms with E-state index in [4.69, 9.17) is 5.73 Å². The molecule has 0 aliphatic rings. The molecule has 0 aliphatic carbocycles. The van der Waals surface area contributed by atoms with Crippen LogP contribution >= 0.6 is 11.8 Å². The fourth-order valence-electron chi connectivity index (χ4n) is 1.54. The van der Waals surface area contributed by atoms with E-state index in [9.17, 15) is 9.18 Å². The van der Waals surface area contributed by atoms with Crippen molar-refractivity contribution in [1.82, 2.24) is 9.97 Å². The first-order valence-corrected chi connectivity index (χ1v) is 7.29. The van der Waals surface area contributed by atoms with Gasteiger partial charge in [0.25, 0.3) is 0 Å². The molecular weight excluding hydrogens is 291 g/mol. The van der Waals surface area contributed by atoms with Crippen molar-refractivity contribution < 1.29 is 9.18 Å². The van der Waals surface area contributed by atoms with Gasteiger partial charge < -0.3 is 11.1 Å².